The van der Waals surface area contributed by atoms with Gasteiger partial charge in [-0.3, -0.25) is 19.3 Å². The van der Waals surface area contributed by atoms with Crippen molar-refractivity contribution in [3.63, 3.8) is 0 Å². The summed E-state index contributed by atoms with van der Waals surface area (Å²) in [6, 6.07) is 5.49. The monoisotopic (exact) mass is 528 g/mol. The topological polar surface area (TPSA) is 105 Å². The average molecular weight is 529 g/mol. The molecule has 3 aliphatic heterocycles. The van der Waals surface area contributed by atoms with E-state index in [0.29, 0.717) is 30.2 Å². The Morgan fingerprint density at radius 2 is 1.84 bits per heavy atom. The summed E-state index contributed by atoms with van der Waals surface area (Å²) < 4.78 is 11.6. The number of anilines is 1. The highest BCUT2D eigenvalue weighted by Gasteiger charge is 2.54. The molecule has 210 valence electrons. The Balaban J connectivity index is 1.70. The minimum atomic E-state index is -0.661. The van der Waals surface area contributed by atoms with Crippen LogP contribution in [0.3, 0.4) is 0 Å². The Morgan fingerprint density at radius 3 is 2.42 bits per heavy atom. The van der Waals surface area contributed by atoms with Gasteiger partial charge in [-0.2, -0.15) is 0 Å². The molecule has 38 heavy (non-hydrogen) atoms. The normalized spacial score (nSPS) is 25.2. The van der Waals surface area contributed by atoms with Crippen LogP contribution in [0, 0.1) is 5.41 Å². The molecule has 2 amide bonds. The average Bonchev–Trinajstić information content (AvgIpc) is 3.42. The first kappa shape index (κ1) is 28.5. The number of fused-ring (bicyclic) bond motifs is 1. The van der Waals surface area contributed by atoms with Crippen LogP contribution in [0.1, 0.15) is 69.8 Å². The predicted molar refractivity (Wildman–Crippen MR) is 146 cm³/mol. The third-order valence-corrected chi connectivity index (χ3v) is 8.00. The van der Waals surface area contributed by atoms with Gasteiger partial charge in [0, 0.05) is 50.1 Å². The second kappa shape index (κ2) is 11.3. The van der Waals surface area contributed by atoms with Gasteiger partial charge < -0.3 is 25.0 Å². The lowest BCUT2D eigenvalue weighted by Crippen LogP contribution is -2.49. The summed E-state index contributed by atoms with van der Waals surface area (Å²) in [7, 11) is 0. The number of primary amides is 1. The largest absolute Gasteiger partial charge is 0.374 e. The Labute approximate surface area is 226 Å². The number of hydrogen-bond acceptors (Lipinski definition) is 7. The molecule has 0 bridgehead atoms. The van der Waals surface area contributed by atoms with Crippen LogP contribution < -0.4 is 10.6 Å². The van der Waals surface area contributed by atoms with E-state index in [0.717, 1.165) is 31.9 Å². The molecule has 0 spiro atoms. The van der Waals surface area contributed by atoms with Crippen molar-refractivity contribution in [3.8, 4) is 0 Å². The van der Waals surface area contributed by atoms with E-state index in [9.17, 15) is 14.4 Å². The fraction of sp³-hybridized carbons (Fsp3) is 0.690. The van der Waals surface area contributed by atoms with Crippen LogP contribution in [0.2, 0.25) is 0 Å². The summed E-state index contributed by atoms with van der Waals surface area (Å²) in [4.78, 5) is 46.1. The molecule has 0 radical (unpaired) electrons. The molecule has 4 atom stereocenters. The number of piperazine rings is 1. The first-order chi connectivity index (χ1) is 17.9. The maximum Gasteiger partial charge on any atom is 0.249 e. The minimum absolute atomic E-state index is 0.0169. The number of Topliss-reactive ketones (excluding diaryl/α,β-unsaturated/α-hetero) is 1. The molecule has 1 aromatic rings. The van der Waals surface area contributed by atoms with E-state index in [1.165, 1.54) is 0 Å². The van der Waals surface area contributed by atoms with Crippen molar-refractivity contribution in [3.05, 3.63) is 29.3 Å². The number of hydrogen-bond donors (Lipinski definition) is 1. The highest BCUT2D eigenvalue weighted by molar-refractivity contribution is 5.99. The van der Waals surface area contributed by atoms with Crippen molar-refractivity contribution >= 4 is 23.3 Å². The number of carbonyl (C=O) groups is 3. The molecule has 0 unspecified atom stereocenters. The Bertz CT molecular complexity index is 1040. The van der Waals surface area contributed by atoms with Gasteiger partial charge in [0.1, 0.15) is 24.9 Å². The van der Waals surface area contributed by atoms with E-state index in [4.69, 9.17) is 15.2 Å². The molecule has 3 aliphatic rings. The van der Waals surface area contributed by atoms with Gasteiger partial charge in [0.05, 0.1) is 12.5 Å². The molecule has 9 nitrogen and oxygen atoms in total. The van der Waals surface area contributed by atoms with E-state index >= 15 is 0 Å². The fourth-order valence-corrected chi connectivity index (χ4v) is 6.10. The van der Waals surface area contributed by atoms with E-state index in [2.05, 4.69) is 44.4 Å². The smallest absolute Gasteiger partial charge is 0.249 e. The minimum Gasteiger partial charge on any atom is -0.374 e. The van der Waals surface area contributed by atoms with Gasteiger partial charge in [0.15, 0.2) is 5.78 Å². The molecular formula is C29H44N4O5. The number of benzene rings is 1. The van der Waals surface area contributed by atoms with Crippen molar-refractivity contribution in [1.82, 2.24) is 9.80 Å². The quantitative estimate of drug-likeness (QED) is 0.552. The van der Waals surface area contributed by atoms with E-state index in [1.54, 1.807) is 11.0 Å². The molecule has 0 aliphatic carbocycles. The second-order valence-corrected chi connectivity index (χ2v) is 12.2. The van der Waals surface area contributed by atoms with Crippen LogP contribution in [-0.2, 0) is 19.1 Å². The third-order valence-electron chi connectivity index (χ3n) is 8.00. The second-order valence-electron chi connectivity index (χ2n) is 12.2. The number of ether oxygens (including phenoxy) is 2. The zero-order chi connectivity index (χ0) is 27.8. The van der Waals surface area contributed by atoms with Gasteiger partial charge in [-0.1, -0.05) is 20.8 Å². The van der Waals surface area contributed by atoms with Gasteiger partial charge in [0.2, 0.25) is 11.8 Å². The maximum absolute atomic E-state index is 14.3. The van der Waals surface area contributed by atoms with Gasteiger partial charge in [-0.05, 0) is 56.4 Å². The highest BCUT2D eigenvalue weighted by Crippen LogP contribution is 2.39. The molecule has 3 saturated heterocycles. The number of likely N-dealkylation sites (tertiary alicyclic amines) is 1. The molecular weight excluding hydrogens is 484 g/mol. The summed E-state index contributed by atoms with van der Waals surface area (Å²) >= 11 is 0. The lowest BCUT2D eigenvalue weighted by Gasteiger charge is -2.38. The fourth-order valence-electron chi connectivity index (χ4n) is 6.10. The van der Waals surface area contributed by atoms with Gasteiger partial charge in [-0.15, -0.1) is 0 Å². The molecule has 3 fully saturated rings. The molecule has 1 aromatic carbocycles. The zero-order valence-electron chi connectivity index (χ0n) is 23.7. The lowest BCUT2D eigenvalue weighted by atomic mass is 9.79. The predicted octanol–water partition coefficient (Wildman–Crippen LogP) is 2.42. The van der Waals surface area contributed by atoms with Crippen LogP contribution in [0.15, 0.2) is 18.2 Å². The van der Waals surface area contributed by atoms with Crippen LogP contribution >= 0.6 is 0 Å². The summed E-state index contributed by atoms with van der Waals surface area (Å²) in [5.74, 6) is -1.48. The number of rotatable bonds is 8. The number of nitrogens with zero attached hydrogens (tertiary/aromatic N) is 3. The highest BCUT2D eigenvalue weighted by atomic mass is 16.6. The molecule has 3 heterocycles. The number of amides is 2. The first-order valence-electron chi connectivity index (χ1n) is 13.9. The number of ketones is 1. The Kier molecular flexibility index (Phi) is 8.49. The van der Waals surface area contributed by atoms with Gasteiger partial charge in [-0.25, -0.2) is 0 Å². The van der Waals surface area contributed by atoms with Gasteiger partial charge >= 0.3 is 0 Å². The van der Waals surface area contributed by atoms with Crippen LogP contribution in [0.5, 0.6) is 0 Å². The van der Waals surface area contributed by atoms with E-state index in [1.807, 2.05) is 19.1 Å². The maximum atomic E-state index is 14.3. The number of carbonyl (C=O) groups excluding carboxylic acids is 3. The Morgan fingerprint density at radius 1 is 1.16 bits per heavy atom. The summed E-state index contributed by atoms with van der Waals surface area (Å²) in [5, 5.41) is 0. The van der Waals surface area contributed by atoms with Crippen molar-refractivity contribution in [2.24, 2.45) is 11.1 Å². The van der Waals surface area contributed by atoms with Crippen molar-refractivity contribution in [2.75, 3.05) is 50.8 Å². The van der Waals surface area contributed by atoms with Crippen molar-refractivity contribution in [1.29, 1.82) is 0 Å². The molecule has 9 heteroatoms. The standard InChI is InChI=1S/C29H44N4O5/c1-7-37-24-16-33(25-23(34)17-38-26(24)25)28(36)22(15-29(4,5)6)21-14-19(8-9-20(21)27(30)35)32-12-10-31(11-13-32)18(2)3/h8-9,14,18,22,24-26H,7,10-13,15-17H2,1-6H3,(H2,30,35)/t22-,24-,25+,26+/m0/s1. The van der Waals surface area contributed by atoms with Crippen LogP contribution in [0.25, 0.3) is 0 Å². The SMILES string of the molecule is CCO[C@H]1CN(C(=O)[C@@H](CC(C)(C)C)c2cc(N3CCN(C(C)C)CC3)ccc2C(N)=O)[C@@H]2C(=O)CO[C@H]12. The van der Waals surface area contributed by atoms with Crippen LogP contribution in [-0.4, -0.2) is 97.6 Å². The summed E-state index contributed by atoms with van der Waals surface area (Å²) in [5.41, 5.74) is 7.58. The number of nitrogens with two attached hydrogens (primary N) is 1. The molecule has 0 aromatic heterocycles. The van der Waals surface area contributed by atoms with E-state index < -0.39 is 24.0 Å². The summed E-state index contributed by atoms with van der Waals surface area (Å²) in [6.45, 7) is 16.9. The summed E-state index contributed by atoms with van der Waals surface area (Å²) in [6.07, 6.45) is -0.311. The van der Waals surface area contributed by atoms with Crippen molar-refractivity contribution in [2.45, 2.75) is 78.2 Å². The van der Waals surface area contributed by atoms with Crippen LogP contribution in [0.4, 0.5) is 5.69 Å². The molecule has 2 N–H and O–H groups in total. The van der Waals surface area contributed by atoms with Gasteiger partial charge in [0.25, 0.3) is 0 Å². The molecule has 0 saturated carbocycles. The van der Waals surface area contributed by atoms with E-state index in [-0.39, 0.29) is 36.4 Å². The first-order valence-corrected chi connectivity index (χ1v) is 13.9. The Hall–Kier alpha value is -2.49. The lowest BCUT2D eigenvalue weighted by molar-refractivity contribution is -0.138. The van der Waals surface area contributed by atoms with Crippen molar-refractivity contribution < 1.29 is 23.9 Å². The zero-order valence-corrected chi connectivity index (χ0v) is 23.7. The third kappa shape index (κ3) is 5.90. The molecule has 4 rings (SSSR count).